The van der Waals surface area contributed by atoms with Gasteiger partial charge in [0.2, 0.25) is 0 Å². The van der Waals surface area contributed by atoms with Gasteiger partial charge in [0, 0.05) is 33.4 Å². The Kier molecular flexibility index (Phi) is 9.83. The lowest BCUT2D eigenvalue weighted by Crippen LogP contribution is -2.25. The number of para-hydroxylation sites is 2. The van der Waals surface area contributed by atoms with Gasteiger partial charge >= 0.3 is 0 Å². The third-order valence-corrected chi connectivity index (χ3v) is 16.0. The molecule has 0 amide bonds. The van der Waals surface area contributed by atoms with Crippen molar-refractivity contribution in [3.63, 3.8) is 0 Å². The molecule has 0 aliphatic heterocycles. The monoisotopic (exact) mass is 952 g/mol. The van der Waals surface area contributed by atoms with Crippen LogP contribution in [-0.2, 0) is 5.41 Å². The lowest BCUT2D eigenvalue weighted by Gasteiger charge is -2.32. The van der Waals surface area contributed by atoms with Crippen LogP contribution < -0.4 is 4.90 Å². The average molecular weight is 953 g/mol. The first-order valence-corrected chi connectivity index (χ1v) is 26.0. The van der Waals surface area contributed by atoms with E-state index in [1.165, 1.54) is 105 Å². The maximum Gasteiger partial charge on any atom is 0.0725 e. The Balaban J connectivity index is 0.959. The van der Waals surface area contributed by atoms with Crippen molar-refractivity contribution in [1.82, 2.24) is 4.57 Å². The molecule has 0 radical (unpaired) electrons. The van der Waals surface area contributed by atoms with Gasteiger partial charge in [0.25, 0.3) is 0 Å². The maximum atomic E-state index is 2.51. The topological polar surface area (TPSA) is 8.17 Å². The summed E-state index contributed by atoms with van der Waals surface area (Å²) < 4.78 is 2.38. The van der Waals surface area contributed by atoms with E-state index in [0.717, 1.165) is 28.3 Å². The van der Waals surface area contributed by atoms with Gasteiger partial charge < -0.3 is 9.47 Å². The molecule has 2 nitrogen and oxygen atoms in total. The number of nitrogens with zero attached hydrogens (tertiary/aromatic N) is 2. The molecule has 15 rings (SSSR count). The first-order chi connectivity index (χ1) is 37.2. The molecular weight excluding hydrogens is 905 g/mol. The number of aromatic nitrogens is 1. The van der Waals surface area contributed by atoms with Crippen LogP contribution in [0.2, 0.25) is 0 Å². The van der Waals surface area contributed by atoms with Crippen LogP contribution in [0.15, 0.2) is 291 Å². The second-order valence-electron chi connectivity index (χ2n) is 19.9. The quantitative estimate of drug-likeness (QED) is 0.147. The van der Waals surface area contributed by atoms with Crippen molar-refractivity contribution in [1.29, 1.82) is 0 Å². The molecule has 1 heterocycles. The van der Waals surface area contributed by atoms with Gasteiger partial charge in [0.05, 0.1) is 22.1 Å². The Bertz CT molecular complexity index is 4290. The third kappa shape index (κ3) is 6.53. The molecule has 2 aliphatic carbocycles. The fourth-order valence-electron chi connectivity index (χ4n) is 12.9. The minimum Gasteiger partial charge on any atom is -0.310 e. The number of hydrogen-bond acceptors (Lipinski definition) is 1. The summed E-state index contributed by atoms with van der Waals surface area (Å²) in [6.45, 7) is 0. The molecule has 350 valence electrons. The Labute approximate surface area is 437 Å². The molecule has 0 saturated carbocycles. The van der Waals surface area contributed by atoms with Gasteiger partial charge in [-0.25, -0.2) is 0 Å². The second-order valence-corrected chi connectivity index (χ2v) is 19.9. The van der Waals surface area contributed by atoms with Crippen LogP contribution >= 0.6 is 0 Å². The zero-order valence-electron chi connectivity index (χ0n) is 41.1. The van der Waals surface area contributed by atoms with E-state index in [-0.39, 0.29) is 0 Å². The van der Waals surface area contributed by atoms with Crippen molar-refractivity contribution in [3.05, 3.63) is 313 Å². The zero-order valence-corrected chi connectivity index (χ0v) is 41.1. The minimum absolute atomic E-state index is 0.439. The van der Waals surface area contributed by atoms with Crippen LogP contribution in [0.4, 0.5) is 17.1 Å². The van der Waals surface area contributed by atoms with E-state index in [9.17, 15) is 0 Å². The molecule has 12 aromatic carbocycles. The molecular formula is C73H48N2. The summed E-state index contributed by atoms with van der Waals surface area (Å²) in [5.74, 6) is 0. The summed E-state index contributed by atoms with van der Waals surface area (Å²) in [4.78, 5) is 2.51. The van der Waals surface area contributed by atoms with Crippen molar-refractivity contribution < 1.29 is 0 Å². The Hall–Kier alpha value is -9.76. The number of rotatable bonds is 8. The Morgan fingerprint density at radius 1 is 0.267 bits per heavy atom. The van der Waals surface area contributed by atoms with Crippen LogP contribution in [0.25, 0.3) is 94.3 Å². The number of benzene rings is 12. The van der Waals surface area contributed by atoms with Gasteiger partial charge in [-0.1, -0.05) is 231 Å². The highest BCUT2D eigenvalue weighted by Gasteiger charge is 2.51. The highest BCUT2D eigenvalue weighted by Crippen LogP contribution is 2.63. The van der Waals surface area contributed by atoms with Crippen LogP contribution in [0.3, 0.4) is 0 Å². The van der Waals surface area contributed by atoms with Gasteiger partial charge in [0.15, 0.2) is 0 Å². The van der Waals surface area contributed by atoms with Crippen molar-refractivity contribution in [2.24, 2.45) is 0 Å². The van der Waals surface area contributed by atoms with Crippen LogP contribution in [0.1, 0.15) is 22.3 Å². The molecule has 2 heteroatoms. The Morgan fingerprint density at radius 2 is 0.747 bits per heavy atom. The van der Waals surface area contributed by atoms with Gasteiger partial charge in [-0.3, -0.25) is 0 Å². The number of anilines is 3. The molecule has 0 saturated heterocycles. The van der Waals surface area contributed by atoms with Gasteiger partial charge in [0.1, 0.15) is 0 Å². The highest BCUT2D eigenvalue weighted by atomic mass is 15.1. The van der Waals surface area contributed by atoms with Crippen LogP contribution in [0, 0.1) is 0 Å². The summed E-state index contributed by atoms with van der Waals surface area (Å²) in [5.41, 5.74) is 26.2. The molecule has 0 atom stereocenters. The summed E-state index contributed by atoms with van der Waals surface area (Å²) in [6.07, 6.45) is 0. The van der Waals surface area contributed by atoms with Crippen molar-refractivity contribution in [3.8, 4) is 72.4 Å². The van der Waals surface area contributed by atoms with Crippen LogP contribution in [-0.4, -0.2) is 4.57 Å². The lowest BCUT2D eigenvalue weighted by molar-refractivity contribution is 0.794. The summed E-state index contributed by atoms with van der Waals surface area (Å²) in [5, 5.41) is 2.48. The fourth-order valence-corrected chi connectivity index (χ4v) is 12.9. The molecule has 2 aliphatic rings. The van der Waals surface area contributed by atoms with Crippen molar-refractivity contribution in [2.75, 3.05) is 4.90 Å². The van der Waals surface area contributed by atoms with Gasteiger partial charge in [-0.2, -0.15) is 0 Å². The van der Waals surface area contributed by atoms with E-state index in [1.54, 1.807) is 0 Å². The minimum atomic E-state index is -0.439. The summed E-state index contributed by atoms with van der Waals surface area (Å²) in [6, 6.07) is 108. The van der Waals surface area contributed by atoms with Gasteiger partial charge in [-0.05, 0) is 144 Å². The Morgan fingerprint density at radius 3 is 1.41 bits per heavy atom. The van der Waals surface area contributed by atoms with E-state index in [0.29, 0.717) is 0 Å². The van der Waals surface area contributed by atoms with E-state index in [2.05, 4.69) is 301 Å². The number of hydrogen-bond donors (Lipinski definition) is 0. The standard InChI is InChI=1S/C73H48N2/c1-4-21-50(22-5-1)56-27-10-11-32-62(56)72-57(51-23-6-2-7-24-51)33-20-38-71(72)74(54-42-39-49(40-43-54)52-41-46-70-64(47-52)61-31-15-19-37-69(61)75(70)53-25-8-3-9-26-53)55-44-45-68-63(48-55)60-30-14-18-36-67(60)73(68)65-34-16-12-28-58(65)59-29-13-17-35-66(59)73/h1-48H. The fraction of sp³-hybridized carbons (Fsp3) is 0.0137. The van der Waals surface area contributed by atoms with E-state index in [1.807, 2.05) is 0 Å². The molecule has 13 aromatic rings. The molecule has 1 spiro atoms. The number of fused-ring (bicyclic) bond motifs is 13. The van der Waals surface area contributed by atoms with Gasteiger partial charge in [-0.15, -0.1) is 0 Å². The molecule has 0 N–H and O–H groups in total. The molecule has 0 unspecified atom stereocenters. The average Bonchev–Trinajstić information content (AvgIpc) is 4.30. The maximum absolute atomic E-state index is 2.51. The largest absolute Gasteiger partial charge is 0.310 e. The summed E-state index contributed by atoms with van der Waals surface area (Å²) in [7, 11) is 0. The lowest BCUT2D eigenvalue weighted by atomic mass is 9.70. The van der Waals surface area contributed by atoms with E-state index < -0.39 is 5.41 Å². The molecule has 1 aromatic heterocycles. The third-order valence-electron chi connectivity index (χ3n) is 16.0. The molecule has 0 fully saturated rings. The first-order valence-electron chi connectivity index (χ1n) is 26.0. The molecule has 75 heavy (non-hydrogen) atoms. The highest BCUT2D eigenvalue weighted by molar-refractivity contribution is 6.11. The van der Waals surface area contributed by atoms with E-state index in [4.69, 9.17) is 0 Å². The SMILES string of the molecule is c1ccc(-c2ccccc2-c2c(-c3ccccc3)cccc2N(c2ccc(-c3ccc4c(c3)c3ccccc3n4-c3ccccc3)cc2)c2ccc3c(c2)-c2ccccc2C32c3ccccc3-c3ccccc32)cc1. The van der Waals surface area contributed by atoms with Crippen molar-refractivity contribution >= 4 is 38.9 Å². The zero-order chi connectivity index (χ0) is 49.5. The first kappa shape index (κ1) is 42.9. The molecule has 0 bridgehead atoms. The second kappa shape index (κ2) is 17.2. The van der Waals surface area contributed by atoms with Crippen LogP contribution in [0.5, 0.6) is 0 Å². The predicted molar refractivity (Wildman–Crippen MR) is 314 cm³/mol. The predicted octanol–water partition coefficient (Wildman–Crippen LogP) is 19.3. The normalized spacial score (nSPS) is 12.6. The smallest absolute Gasteiger partial charge is 0.0725 e. The van der Waals surface area contributed by atoms with E-state index >= 15 is 0 Å². The summed E-state index contributed by atoms with van der Waals surface area (Å²) >= 11 is 0. The van der Waals surface area contributed by atoms with Crippen molar-refractivity contribution in [2.45, 2.75) is 5.41 Å².